The minimum absolute atomic E-state index is 0.0578. The van der Waals surface area contributed by atoms with Gasteiger partial charge in [-0.15, -0.1) is 0 Å². The van der Waals surface area contributed by atoms with E-state index in [4.69, 9.17) is 16.2 Å². The van der Waals surface area contributed by atoms with Gasteiger partial charge in [0.2, 0.25) is 29.5 Å². The molecule has 1 aliphatic rings. The lowest BCUT2D eigenvalue weighted by molar-refractivity contribution is -0.143. The molecular formula is C42H62N10O9. The van der Waals surface area contributed by atoms with E-state index in [1.54, 1.807) is 26.0 Å². The second-order valence-corrected chi connectivity index (χ2v) is 15.4. The van der Waals surface area contributed by atoms with Crippen molar-refractivity contribution in [3.63, 3.8) is 0 Å². The van der Waals surface area contributed by atoms with Gasteiger partial charge >= 0.3 is 12.0 Å². The van der Waals surface area contributed by atoms with Crippen molar-refractivity contribution in [2.24, 2.45) is 22.4 Å². The molecule has 1 aliphatic heterocycles. The van der Waals surface area contributed by atoms with Gasteiger partial charge in [-0.3, -0.25) is 29.0 Å². The van der Waals surface area contributed by atoms with E-state index < -0.39 is 83.7 Å². The number of aromatic hydroxyl groups is 1. The highest BCUT2D eigenvalue weighted by Gasteiger charge is 2.35. The Bertz CT molecular complexity index is 1820. The summed E-state index contributed by atoms with van der Waals surface area (Å²) in [6.07, 6.45) is 1.74. The number of likely N-dealkylation sites (N-methyl/N-ethyl adjacent to an activating group) is 1. The van der Waals surface area contributed by atoms with Crippen LogP contribution in [0.3, 0.4) is 0 Å². The molecular weight excluding hydrogens is 789 g/mol. The molecule has 1 saturated heterocycles. The molecule has 1 heterocycles. The molecule has 7 amide bonds. The Labute approximate surface area is 356 Å². The van der Waals surface area contributed by atoms with E-state index >= 15 is 0 Å². The van der Waals surface area contributed by atoms with Gasteiger partial charge in [0.15, 0.2) is 5.96 Å². The lowest BCUT2D eigenvalue weighted by atomic mass is 9.99. The van der Waals surface area contributed by atoms with Crippen molar-refractivity contribution in [1.29, 1.82) is 0 Å². The molecule has 6 atom stereocenters. The largest absolute Gasteiger partial charge is 0.508 e. The quantitative estimate of drug-likeness (QED) is 0.0564. The van der Waals surface area contributed by atoms with Crippen molar-refractivity contribution < 1.29 is 43.4 Å². The second kappa shape index (κ2) is 24.6. The van der Waals surface area contributed by atoms with Gasteiger partial charge in [0.25, 0.3) is 0 Å². The number of phenols is 1. The van der Waals surface area contributed by atoms with Crippen molar-refractivity contribution in [2.45, 2.75) is 108 Å². The first-order chi connectivity index (χ1) is 29.0. The molecule has 3 rings (SSSR count). The van der Waals surface area contributed by atoms with Crippen LogP contribution in [0.25, 0.3) is 0 Å². The number of rotatable bonds is 13. The average Bonchev–Trinajstić information content (AvgIpc) is 3.23. The fourth-order valence-corrected chi connectivity index (χ4v) is 6.58. The summed E-state index contributed by atoms with van der Waals surface area (Å²) in [4.78, 5) is 101. The third-order valence-corrected chi connectivity index (χ3v) is 10.3. The van der Waals surface area contributed by atoms with Crippen LogP contribution in [0.2, 0.25) is 0 Å². The highest BCUT2D eigenvalue weighted by molar-refractivity contribution is 5.96. The van der Waals surface area contributed by atoms with Gasteiger partial charge in [-0.1, -0.05) is 56.3 Å². The third kappa shape index (κ3) is 16.3. The highest BCUT2D eigenvalue weighted by atomic mass is 16.5. The van der Waals surface area contributed by atoms with Crippen LogP contribution in [-0.4, -0.2) is 121 Å². The molecule has 2 aromatic rings. The SMILES string of the molecule is COC(=O)[C@H](CCCN=C(N)N)NC(=O)NC1CCCCNC(=O)C(Cc2ccccc2)NC(=O)[C@H](C)N(C)C(=O)[C@H](CCc2ccc(O)cc2)NC(=O)C(C(C)C)NC1=O. The predicted molar refractivity (Wildman–Crippen MR) is 227 cm³/mol. The van der Waals surface area contributed by atoms with E-state index in [2.05, 4.69) is 36.9 Å². The summed E-state index contributed by atoms with van der Waals surface area (Å²) in [5.74, 6) is -4.32. The van der Waals surface area contributed by atoms with Gasteiger partial charge in [0.05, 0.1) is 7.11 Å². The smallest absolute Gasteiger partial charge is 0.328 e. The number of nitrogens with zero attached hydrogens (tertiary/aromatic N) is 2. The number of phenolic OH excluding ortho intramolecular Hbond substituents is 1. The van der Waals surface area contributed by atoms with E-state index in [1.165, 1.54) is 38.1 Å². The van der Waals surface area contributed by atoms with Gasteiger partial charge in [0.1, 0.15) is 42.0 Å². The summed E-state index contributed by atoms with van der Waals surface area (Å²) in [6.45, 7) is 5.29. The summed E-state index contributed by atoms with van der Waals surface area (Å²) in [6, 6.07) is 7.90. The number of carbonyl (C=O) groups is 7. The Morgan fingerprint density at radius 3 is 2.21 bits per heavy atom. The molecule has 1 fully saturated rings. The number of esters is 1. The predicted octanol–water partition coefficient (Wildman–Crippen LogP) is 0.0879. The van der Waals surface area contributed by atoms with Crippen molar-refractivity contribution >= 4 is 47.5 Å². The van der Waals surface area contributed by atoms with Crippen LogP contribution in [0, 0.1) is 5.92 Å². The number of nitrogens with two attached hydrogens (primary N) is 2. The normalized spacial score (nSPS) is 21.6. The fourth-order valence-electron chi connectivity index (χ4n) is 6.58. The van der Waals surface area contributed by atoms with Crippen LogP contribution in [0.15, 0.2) is 59.6 Å². The molecule has 3 unspecified atom stereocenters. The lowest BCUT2D eigenvalue weighted by Gasteiger charge is -2.31. The van der Waals surface area contributed by atoms with Crippen LogP contribution in [0.4, 0.5) is 4.79 Å². The molecule has 0 aliphatic carbocycles. The minimum Gasteiger partial charge on any atom is -0.508 e. The Kier molecular flexibility index (Phi) is 19.8. The Morgan fingerprint density at radius 1 is 0.902 bits per heavy atom. The molecule has 0 bridgehead atoms. The monoisotopic (exact) mass is 850 g/mol. The molecule has 0 saturated carbocycles. The van der Waals surface area contributed by atoms with Crippen molar-refractivity contribution in [3.8, 4) is 5.75 Å². The number of methoxy groups -OCH3 is 1. The van der Waals surface area contributed by atoms with E-state index in [1.807, 2.05) is 30.3 Å². The second-order valence-electron chi connectivity index (χ2n) is 15.4. The summed E-state index contributed by atoms with van der Waals surface area (Å²) < 4.78 is 4.86. The number of urea groups is 1. The number of aryl methyl sites for hydroxylation is 1. The number of guanidine groups is 1. The fraction of sp³-hybridized carbons (Fsp3) is 0.524. The number of aliphatic imine (C=N–C) groups is 1. The molecule has 334 valence electrons. The molecule has 2 aromatic carbocycles. The molecule has 61 heavy (non-hydrogen) atoms. The van der Waals surface area contributed by atoms with Crippen LogP contribution in [0.5, 0.6) is 5.75 Å². The van der Waals surface area contributed by atoms with Crippen molar-refractivity contribution in [1.82, 2.24) is 36.8 Å². The Morgan fingerprint density at radius 2 is 1.57 bits per heavy atom. The summed E-state index contributed by atoms with van der Waals surface area (Å²) in [5.41, 5.74) is 12.3. The van der Waals surface area contributed by atoms with Gasteiger partial charge in [-0.05, 0) is 81.0 Å². The highest BCUT2D eigenvalue weighted by Crippen LogP contribution is 2.15. The maximum absolute atomic E-state index is 14.2. The first-order valence-corrected chi connectivity index (χ1v) is 20.5. The van der Waals surface area contributed by atoms with Crippen LogP contribution >= 0.6 is 0 Å². The number of hydrogen-bond donors (Lipinski definition) is 9. The van der Waals surface area contributed by atoms with Crippen LogP contribution in [0.1, 0.15) is 70.4 Å². The number of benzene rings is 2. The molecule has 11 N–H and O–H groups in total. The van der Waals surface area contributed by atoms with E-state index in [0.717, 1.165) is 11.1 Å². The van der Waals surface area contributed by atoms with Gasteiger partial charge in [-0.25, -0.2) is 9.59 Å². The molecule has 19 heteroatoms. The molecule has 0 aromatic heterocycles. The van der Waals surface area contributed by atoms with Gasteiger partial charge < -0.3 is 58.1 Å². The van der Waals surface area contributed by atoms with Crippen molar-refractivity contribution in [3.05, 3.63) is 65.7 Å². The maximum atomic E-state index is 14.2. The molecule has 0 spiro atoms. The van der Waals surface area contributed by atoms with E-state index in [0.29, 0.717) is 25.7 Å². The number of hydrogen-bond acceptors (Lipinski definition) is 10. The zero-order valence-corrected chi connectivity index (χ0v) is 35.6. The summed E-state index contributed by atoms with van der Waals surface area (Å²) >= 11 is 0. The summed E-state index contributed by atoms with van der Waals surface area (Å²) in [5, 5.41) is 26.2. The topological polar surface area (TPSA) is 289 Å². The van der Waals surface area contributed by atoms with Crippen molar-refractivity contribution in [2.75, 3.05) is 27.2 Å². The zero-order chi connectivity index (χ0) is 45.1. The minimum atomic E-state index is -1.21. The van der Waals surface area contributed by atoms with Gasteiger partial charge in [-0.2, -0.15) is 0 Å². The number of amides is 7. The van der Waals surface area contributed by atoms with Gasteiger partial charge in [0, 0.05) is 26.6 Å². The number of ether oxygens (including phenoxy) is 1. The first-order valence-electron chi connectivity index (χ1n) is 20.5. The average molecular weight is 851 g/mol. The maximum Gasteiger partial charge on any atom is 0.328 e. The zero-order valence-electron chi connectivity index (χ0n) is 35.6. The summed E-state index contributed by atoms with van der Waals surface area (Å²) in [7, 11) is 2.60. The number of nitrogens with one attached hydrogen (secondary N) is 6. The lowest BCUT2D eigenvalue weighted by Crippen LogP contribution is -2.60. The Balaban J connectivity index is 1.96. The van der Waals surface area contributed by atoms with E-state index in [9.17, 15) is 38.7 Å². The molecule has 19 nitrogen and oxygen atoms in total. The standard InChI is InChI=1S/C42H62N10O9/c1-25(2)34-38(57)47-31(21-18-27-16-19-29(53)20-17-27)39(58)52(4)26(3)35(54)48-33(24-28-12-7-6-8-13-28)36(55)45-22-10-9-14-30(37(56)51-34)49-42(60)50-32(40(59)61-5)15-11-23-46-41(43)44/h6-8,12-13,16-17,19-20,25-26,30-34,53H,9-11,14-15,18,21-24H2,1-5H3,(H,45,55)(H,47,57)(H,48,54)(H,51,56)(H4,43,44,46)(H2,49,50,60)/t26-,30?,31-,32-,33?,34?/m0/s1. The van der Waals surface area contributed by atoms with Crippen LogP contribution < -0.4 is 43.4 Å². The Hall–Kier alpha value is -6.40. The first kappa shape index (κ1) is 49.0. The van der Waals surface area contributed by atoms with E-state index in [-0.39, 0.29) is 50.5 Å². The van der Waals surface area contributed by atoms with Crippen LogP contribution in [-0.2, 0) is 46.3 Å². The molecule has 0 radical (unpaired) electrons. The number of carbonyl (C=O) groups excluding carboxylic acids is 7. The third-order valence-electron chi connectivity index (χ3n) is 10.3.